The number of carbonyl (C=O) groups is 1. The van der Waals surface area contributed by atoms with Crippen molar-refractivity contribution in [3.63, 3.8) is 0 Å². The van der Waals surface area contributed by atoms with Crippen LogP contribution in [0.15, 0.2) is 42.5 Å². The second kappa shape index (κ2) is 5.15. The quantitative estimate of drug-likeness (QED) is 0.882. The van der Waals surface area contributed by atoms with Crippen molar-refractivity contribution in [3.8, 4) is 0 Å². The van der Waals surface area contributed by atoms with Gasteiger partial charge in [-0.25, -0.2) is 8.78 Å². The molecule has 2 nitrogen and oxygen atoms in total. The molecule has 1 atom stereocenters. The summed E-state index contributed by atoms with van der Waals surface area (Å²) in [4.78, 5) is 12.9. The maximum absolute atomic E-state index is 13.5. The van der Waals surface area contributed by atoms with Crippen molar-refractivity contribution in [2.45, 2.75) is 32.6 Å². The third kappa shape index (κ3) is 2.42. The van der Waals surface area contributed by atoms with E-state index in [1.165, 1.54) is 0 Å². The first-order valence-electron chi connectivity index (χ1n) is 7.60. The van der Waals surface area contributed by atoms with Gasteiger partial charge >= 0.3 is 0 Å². The van der Waals surface area contributed by atoms with Gasteiger partial charge in [0.1, 0.15) is 0 Å². The van der Waals surface area contributed by atoms with Gasteiger partial charge in [0.15, 0.2) is 11.6 Å². The third-order valence-corrected chi connectivity index (χ3v) is 4.91. The van der Waals surface area contributed by atoms with Crippen LogP contribution in [-0.2, 0) is 10.2 Å². The number of carbonyl (C=O) groups excluding carboxylic acids is 1. The Morgan fingerprint density at radius 2 is 1.65 bits per heavy atom. The van der Waals surface area contributed by atoms with Gasteiger partial charge in [0.05, 0.1) is 5.41 Å². The molecule has 1 N–H and O–H groups in total. The maximum atomic E-state index is 13.5. The van der Waals surface area contributed by atoms with Crippen LogP contribution in [-0.4, -0.2) is 5.91 Å². The van der Waals surface area contributed by atoms with E-state index >= 15 is 0 Å². The number of halogens is 2. The number of benzene rings is 2. The van der Waals surface area contributed by atoms with Crippen molar-refractivity contribution in [2.24, 2.45) is 5.41 Å². The van der Waals surface area contributed by atoms with Gasteiger partial charge < -0.3 is 5.32 Å². The molecule has 0 radical (unpaired) electrons. The number of anilines is 1. The minimum Gasteiger partial charge on any atom is -0.325 e. The van der Waals surface area contributed by atoms with E-state index in [0.717, 1.165) is 24.1 Å². The van der Waals surface area contributed by atoms with Crippen molar-refractivity contribution >= 4 is 11.6 Å². The Hall–Kier alpha value is -2.23. The van der Waals surface area contributed by atoms with Gasteiger partial charge in [0.25, 0.3) is 0 Å². The van der Waals surface area contributed by atoms with Crippen LogP contribution in [0.2, 0.25) is 0 Å². The van der Waals surface area contributed by atoms with Crippen LogP contribution < -0.4 is 5.32 Å². The topological polar surface area (TPSA) is 29.1 Å². The van der Waals surface area contributed by atoms with Crippen LogP contribution in [0.4, 0.5) is 14.5 Å². The standard InChI is InChI=1S/C19H19F2NO/c1-12-9-14(20)15(21)10-16(12)22-17(23)19(11-18(19,2)3)13-7-5-4-6-8-13/h4-10H,11H2,1-3H3,(H,22,23). The average molecular weight is 315 g/mol. The van der Waals surface area contributed by atoms with E-state index in [0.29, 0.717) is 11.3 Å². The molecular weight excluding hydrogens is 296 g/mol. The second-order valence-electron chi connectivity index (χ2n) is 6.87. The van der Waals surface area contributed by atoms with E-state index in [1.54, 1.807) is 6.92 Å². The van der Waals surface area contributed by atoms with Crippen LogP contribution in [0.1, 0.15) is 31.4 Å². The van der Waals surface area contributed by atoms with Crippen LogP contribution in [0.5, 0.6) is 0 Å². The summed E-state index contributed by atoms with van der Waals surface area (Å²) in [5.41, 5.74) is 0.949. The van der Waals surface area contributed by atoms with Gasteiger partial charge in [-0.15, -0.1) is 0 Å². The third-order valence-electron chi connectivity index (χ3n) is 4.91. The predicted molar refractivity (Wildman–Crippen MR) is 86.2 cm³/mol. The van der Waals surface area contributed by atoms with Crippen molar-refractivity contribution in [1.82, 2.24) is 0 Å². The van der Waals surface area contributed by atoms with Crippen LogP contribution >= 0.6 is 0 Å². The number of rotatable bonds is 3. The van der Waals surface area contributed by atoms with Gasteiger partial charge in [-0.2, -0.15) is 0 Å². The fourth-order valence-corrected chi connectivity index (χ4v) is 3.36. The SMILES string of the molecule is Cc1cc(F)c(F)cc1NC(=O)C1(c2ccccc2)CC1(C)C. The minimum atomic E-state index is -0.963. The lowest BCUT2D eigenvalue weighted by atomic mass is 9.87. The number of amides is 1. The summed E-state index contributed by atoms with van der Waals surface area (Å²) in [6.07, 6.45) is 0.721. The minimum absolute atomic E-state index is 0.176. The van der Waals surface area contributed by atoms with Gasteiger partial charge in [-0.05, 0) is 36.0 Å². The molecule has 0 saturated heterocycles. The second-order valence-corrected chi connectivity index (χ2v) is 6.87. The molecule has 23 heavy (non-hydrogen) atoms. The summed E-state index contributed by atoms with van der Waals surface area (Å²) in [5.74, 6) is -2.05. The highest BCUT2D eigenvalue weighted by molar-refractivity contribution is 6.03. The van der Waals surface area contributed by atoms with Gasteiger partial charge in [0, 0.05) is 11.8 Å². The molecule has 2 aromatic rings. The molecule has 120 valence electrons. The van der Waals surface area contributed by atoms with E-state index in [1.807, 2.05) is 44.2 Å². The van der Waals surface area contributed by atoms with E-state index < -0.39 is 17.0 Å². The summed E-state index contributed by atoms with van der Waals surface area (Å²) >= 11 is 0. The number of hydrogen-bond donors (Lipinski definition) is 1. The number of nitrogens with one attached hydrogen (secondary N) is 1. The summed E-state index contributed by atoms with van der Waals surface area (Å²) in [6.45, 7) is 5.72. The van der Waals surface area contributed by atoms with Gasteiger partial charge in [-0.1, -0.05) is 44.2 Å². The highest BCUT2D eigenvalue weighted by atomic mass is 19.2. The van der Waals surface area contributed by atoms with Crippen molar-refractivity contribution in [2.75, 3.05) is 5.32 Å². The van der Waals surface area contributed by atoms with Crippen molar-refractivity contribution in [3.05, 3.63) is 65.2 Å². The largest absolute Gasteiger partial charge is 0.325 e. The first-order valence-corrected chi connectivity index (χ1v) is 7.60. The van der Waals surface area contributed by atoms with Crippen LogP contribution in [0.25, 0.3) is 0 Å². The van der Waals surface area contributed by atoms with E-state index in [9.17, 15) is 13.6 Å². The lowest BCUT2D eigenvalue weighted by Gasteiger charge is -2.21. The fraction of sp³-hybridized carbons (Fsp3) is 0.316. The first-order chi connectivity index (χ1) is 10.8. The summed E-state index contributed by atoms with van der Waals surface area (Å²) in [7, 11) is 0. The Morgan fingerprint density at radius 1 is 1.09 bits per heavy atom. The Balaban J connectivity index is 1.95. The molecule has 0 heterocycles. The summed E-state index contributed by atoms with van der Waals surface area (Å²) in [6, 6.07) is 11.7. The number of aryl methyl sites for hydroxylation is 1. The Kier molecular flexibility index (Phi) is 3.51. The molecule has 2 aromatic carbocycles. The Labute approximate surface area is 134 Å². The van der Waals surface area contributed by atoms with E-state index in [4.69, 9.17) is 0 Å². The van der Waals surface area contributed by atoms with Gasteiger partial charge in [-0.3, -0.25) is 4.79 Å². The zero-order valence-corrected chi connectivity index (χ0v) is 13.4. The first kappa shape index (κ1) is 15.7. The zero-order valence-electron chi connectivity index (χ0n) is 13.4. The highest BCUT2D eigenvalue weighted by Crippen LogP contribution is 2.64. The Morgan fingerprint density at radius 3 is 2.22 bits per heavy atom. The summed E-state index contributed by atoms with van der Waals surface area (Å²) < 4.78 is 26.7. The van der Waals surface area contributed by atoms with Crippen LogP contribution in [0.3, 0.4) is 0 Å². The van der Waals surface area contributed by atoms with Gasteiger partial charge in [0.2, 0.25) is 5.91 Å². The molecule has 0 aromatic heterocycles. The van der Waals surface area contributed by atoms with E-state index in [-0.39, 0.29) is 11.3 Å². The molecule has 0 aliphatic heterocycles. The molecule has 0 bridgehead atoms. The molecule has 0 spiro atoms. The molecule has 1 aliphatic rings. The van der Waals surface area contributed by atoms with Crippen molar-refractivity contribution in [1.29, 1.82) is 0 Å². The maximum Gasteiger partial charge on any atom is 0.235 e. The highest BCUT2D eigenvalue weighted by Gasteiger charge is 2.67. The molecule has 1 amide bonds. The smallest absolute Gasteiger partial charge is 0.235 e. The molecule has 1 fully saturated rings. The predicted octanol–water partition coefficient (Wildman–Crippen LogP) is 4.58. The summed E-state index contributed by atoms with van der Waals surface area (Å²) in [5, 5.41) is 2.79. The molecule has 1 saturated carbocycles. The zero-order chi connectivity index (χ0) is 16.8. The molecular formula is C19H19F2NO. The fourth-order valence-electron chi connectivity index (χ4n) is 3.36. The number of hydrogen-bond acceptors (Lipinski definition) is 1. The molecule has 1 aliphatic carbocycles. The molecule has 3 rings (SSSR count). The monoisotopic (exact) mass is 315 g/mol. The van der Waals surface area contributed by atoms with E-state index in [2.05, 4.69) is 5.32 Å². The lowest BCUT2D eigenvalue weighted by molar-refractivity contribution is -0.119. The van der Waals surface area contributed by atoms with Crippen LogP contribution in [0, 0.1) is 24.0 Å². The lowest BCUT2D eigenvalue weighted by Crippen LogP contribution is -2.32. The van der Waals surface area contributed by atoms with Crippen molar-refractivity contribution < 1.29 is 13.6 Å². The molecule has 4 heteroatoms. The molecule has 1 unspecified atom stereocenters. The Bertz CT molecular complexity index is 770. The normalized spacial score (nSPS) is 21.8. The average Bonchev–Trinajstić information content (AvgIpc) is 3.10.